The molecule has 63 heavy (non-hydrogen) atoms. The number of hydrogen-bond acceptors (Lipinski definition) is 4. The fraction of sp³-hybridized carbons (Fsp3) is 0. The Bertz CT molecular complexity index is 3780. The van der Waals surface area contributed by atoms with Gasteiger partial charge in [-0.15, -0.1) is 0 Å². The van der Waals surface area contributed by atoms with E-state index in [1.54, 1.807) is 0 Å². The van der Waals surface area contributed by atoms with Crippen LogP contribution in [0, 0.1) is 0 Å². The van der Waals surface area contributed by atoms with Gasteiger partial charge in [-0.05, 0) is 82.4 Å². The number of fused-ring (bicyclic) bond motifs is 10. The molecule has 0 saturated heterocycles. The fourth-order valence-electron chi connectivity index (χ4n) is 9.71. The minimum absolute atomic E-state index is 0.694. The van der Waals surface area contributed by atoms with Gasteiger partial charge in [-0.2, -0.15) is 0 Å². The van der Waals surface area contributed by atoms with Gasteiger partial charge in [-0.25, -0.2) is 9.97 Å². The molecule has 5 heteroatoms. The van der Waals surface area contributed by atoms with Crippen molar-refractivity contribution in [3.05, 3.63) is 218 Å². The topological polar surface area (TPSA) is 34.0 Å². The smallest absolute Gasteiger partial charge is 0.160 e. The van der Waals surface area contributed by atoms with Gasteiger partial charge in [0.05, 0.1) is 33.6 Å². The average Bonchev–Trinajstić information content (AvgIpc) is 3.71. The van der Waals surface area contributed by atoms with Crippen molar-refractivity contribution in [2.75, 3.05) is 4.90 Å². The average molecular weight is 821 g/mol. The van der Waals surface area contributed by atoms with Gasteiger partial charge in [0.1, 0.15) is 0 Å². The van der Waals surface area contributed by atoms with Gasteiger partial charge in [0.25, 0.3) is 0 Å². The second-order valence-electron chi connectivity index (χ2n) is 16.1. The summed E-state index contributed by atoms with van der Waals surface area (Å²) in [6.07, 6.45) is 0. The van der Waals surface area contributed by atoms with Crippen molar-refractivity contribution in [1.82, 2.24) is 14.5 Å². The van der Waals surface area contributed by atoms with E-state index in [0.29, 0.717) is 5.82 Å². The van der Waals surface area contributed by atoms with Crippen molar-refractivity contribution >= 4 is 83.1 Å². The van der Waals surface area contributed by atoms with Gasteiger partial charge in [-0.1, -0.05) is 169 Å². The number of nitrogens with zero attached hydrogens (tertiary/aromatic N) is 4. The molecule has 4 nitrogen and oxygen atoms in total. The van der Waals surface area contributed by atoms with Crippen LogP contribution in [0.15, 0.2) is 228 Å². The van der Waals surface area contributed by atoms with Crippen LogP contribution in [0.5, 0.6) is 0 Å². The Morgan fingerprint density at radius 3 is 1.94 bits per heavy atom. The predicted octanol–water partition coefficient (Wildman–Crippen LogP) is 16.0. The van der Waals surface area contributed by atoms with Crippen molar-refractivity contribution in [1.29, 1.82) is 0 Å². The lowest BCUT2D eigenvalue weighted by Crippen LogP contribution is -2.14. The van der Waals surface area contributed by atoms with Crippen molar-refractivity contribution in [3.8, 4) is 39.5 Å². The van der Waals surface area contributed by atoms with E-state index in [2.05, 4.69) is 228 Å². The third-order valence-corrected chi connectivity index (χ3v) is 13.7. The molecule has 0 spiro atoms. The molecule has 0 unspecified atom stereocenters. The highest BCUT2D eigenvalue weighted by Crippen LogP contribution is 2.53. The lowest BCUT2D eigenvalue weighted by Gasteiger charge is -2.33. The molecule has 13 rings (SSSR count). The zero-order chi connectivity index (χ0) is 41.4. The highest BCUT2D eigenvalue weighted by Gasteiger charge is 2.26. The summed E-state index contributed by atoms with van der Waals surface area (Å²) in [6, 6.07) is 78.6. The molecule has 3 heterocycles. The van der Waals surface area contributed by atoms with Gasteiger partial charge >= 0.3 is 0 Å². The zero-order valence-electron chi connectivity index (χ0n) is 34.0. The standard InChI is InChI=1S/C58H36N4S/c1-3-17-39(18-4-1)55-48-32-29-38-16-8-10-24-45(38)56(48)60-58(59-55)41-19-13-22-43(35-41)62-50-33-30-37-15-7-9-23-44(37)54(50)47-26-14-25-46(57(47)62)40-31-34-53-51(36-40)61(42-20-5-2-6-21-42)49-27-11-12-28-52(49)63-53/h1-36H. The van der Waals surface area contributed by atoms with Crippen LogP contribution in [0.4, 0.5) is 17.1 Å². The Labute approximate surface area is 368 Å². The van der Waals surface area contributed by atoms with Crippen LogP contribution in [0.25, 0.3) is 93.7 Å². The Morgan fingerprint density at radius 2 is 1.06 bits per heavy atom. The van der Waals surface area contributed by atoms with E-state index >= 15 is 0 Å². The summed E-state index contributed by atoms with van der Waals surface area (Å²) in [6.45, 7) is 0. The van der Waals surface area contributed by atoms with Crippen LogP contribution >= 0.6 is 11.8 Å². The summed E-state index contributed by atoms with van der Waals surface area (Å²) < 4.78 is 2.46. The zero-order valence-corrected chi connectivity index (χ0v) is 34.8. The first-order valence-corrected chi connectivity index (χ1v) is 22.1. The number of para-hydroxylation sites is 3. The monoisotopic (exact) mass is 820 g/mol. The summed E-state index contributed by atoms with van der Waals surface area (Å²) >= 11 is 1.83. The number of anilines is 3. The van der Waals surface area contributed by atoms with Crippen molar-refractivity contribution in [2.45, 2.75) is 9.79 Å². The maximum absolute atomic E-state index is 5.37. The molecule has 294 valence electrons. The van der Waals surface area contributed by atoms with E-state index in [9.17, 15) is 0 Å². The SMILES string of the molecule is c1ccc(-c2nc(-c3cccc(-n4c5ccc6ccccc6c5c5cccc(-c6ccc7c(c6)N(c6ccccc6)c6ccccc6S7)c54)c3)nc3c2ccc2ccccc23)cc1. The normalized spacial score (nSPS) is 12.3. The molecule has 0 amide bonds. The Kier molecular flexibility index (Phi) is 8.11. The highest BCUT2D eigenvalue weighted by molar-refractivity contribution is 7.99. The summed E-state index contributed by atoms with van der Waals surface area (Å²) in [4.78, 5) is 15.6. The maximum atomic E-state index is 5.37. The number of aromatic nitrogens is 3. The maximum Gasteiger partial charge on any atom is 0.160 e. The van der Waals surface area contributed by atoms with E-state index in [1.165, 1.54) is 42.7 Å². The molecule has 0 atom stereocenters. The first-order valence-electron chi connectivity index (χ1n) is 21.3. The molecular formula is C58H36N4S. The molecule has 0 radical (unpaired) electrons. The second kappa shape index (κ2) is 14.3. The Morgan fingerprint density at radius 1 is 0.397 bits per heavy atom. The quantitative estimate of drug-likeness (QED) is 0.162. The van der Waals surface area contributed by atoms with E-state index < -0.39 is 0 Å². The third-order valence-electron chi connectivity index (χ3n) is 12.5. The summed E-state index contributed by atoms with van der Waals surface area (Å²) in [5, 5.41) is 8.21. The molecule has 0 N–H and O–H groups in total. The van der Waals surface area contributed by atoms with Crippen molar-refractivity contribution in [3.63, 3.8) is 0 Å². The van der Waals surface area contributed by atoms with Crippen molar-refractivity contribution in [2.24, 2.45) is 0 Å². The van der Waals surface area contributed by atoms with Gasteiger partial charge in [-0.3, -0.25) is 0 Å². The molecule has 0 fully saturated rings. The number of hydrogen-bond donors (Lipinski definition) is 0. The van der Waals surface area contributed by atoms with Crippen LogP contribution < -0.4 is 4.90 Å². The first-order chi connectivity index (χ1) is 31.2. The lowest BCUT2D eigenvalue weighted by molar-refractivity contribution is 1.16. The number of rotatable bonds is 5. The van der Waals surface area contributed by atoms with Gasteiger partial charge in [0, 0.05) is 59.4 Å². The fourth-order valence-corrected chi connectivity index (χ4v) is 10.7. The molecule has 1 aliphatic heterocycles. The van der Waals surface area contributed by atoms with Crippen LogP contribution in [-0.2, 0) is 0 Å². The minimum atomic E-state index is 0.694. The third kappa shape index (κ3) is 5.71. The van der Waals surface area contributed by atoms with Gasteiger partial charge in [0.15, 0.2) is 5.82 Å². The first kappa shape index (κ1) is 35.7. The summed E-state index contributed by atoms with van der Waals surface area (Å²) in [7, 11) is 0. The van der Waals surface area contributed by atoms with E-state index in [-0.39, 0.29) is 0 Å². The highest BCUT2D eigenvalue weighted by atomic mass is 32.2. The molecular weight excluding hydrogens is 785 g/mol. The molecule has 1 aliphatic rings. The van der Waals surface area contributed by atoms with E-state index in [1.807, 2.05) is 11.8 Å². The molecule has 0 aliphatic carbocycles. The van der Waals surface area contributed by atoms with Crippen LogP contribution in [0.3, 0.4) is 0 Å². The molecule has 10 aromatic carbocycles. The molecule has 0 saturated carbocycles. The van der Waals surface area contributed by atoms with Gasteiger partial charge in [0.2, 0.25) is 0 Å². The summed E-state index contributed by atoms with van der Waals surface area (Å²) in [5.41, 5.74) is 13.1. The minimum Gasteiger partial charge on any atom is -0.309 e. The van der Waals surface area contributed by atoms with Crippen molar-refractivity contribution < 1.29 is 0 Å². The van der Waals surface area contributed by atoms with E-state index in [4.69, 9.17) is 9.97 Å². The van der Waals surface area contributed by atoms with Gasteiger partial charge < -0.3 is 9.47 Å². The largest absolute Gasteiger partial charge is 0.309 e. The molecule has 0 bridgehead atoms. The predicted molar refractivity (Wildman–Crippen MR) is 264 cm³/mol. The van der Waals surface area contributed by atoms with Crippen LogP contribution in [-0.4, -0.2) is 14.5 Å². The van der Waals surface area contributed by atoms with Crippen LogP contribution in [0.2, 0.25) is 0 Å². The molecule has 2 aromatic heterocycles. The molecule has 12 aromatic rings. The lowest BCUT2D eigenvalue weighted by atomic mass is 9.99. The number of benzene rings is 10. The Balaban J connectivity index is 1.06. The second-order valence-corrected chi connectivity index (χ2v) is 17.2. The van der Waals surface area contributed by atoms with E-state index in [0.717, 1.165) is 72.0 Å². The summed E-state index contributed by atoms with van der Waals surface area (Å²) in [5.74, 6) is 0.694. The Hall–Kier alpha value is -7.99. The van der Waals surface area contributed by atoms with Crippen LogP contribution in [0.1, 0.15) is 0 Å².